The van der Waals surface area contributed by atoms with Gasteiger partial charge in [-0.1, -0.05) is 0 Å². The minimum atomic E-state index is 0.0184. The molecule has 0 N–H and O–H groups in total. The van der Waals surface area contributed by atoms with Gasteiger partial charge in [0.2, 0.25) is 5.88 Å². The van der Waals surface area contributed by atoms with Gasteiger partial charge in [-0.15, -0.1) is 0 Å². The summed E-state index contributed by atoms with van der Waals surface area (Å²) in [6.45, 7) is 2.87. The summed E-state index contributed by atoms with van der Waals surface area (Å²) in [6, 6.07) is 7.44. The van der Waals surface area contributed by atoms with E-state index in [-0.39, 0.29) is 5.91 Å². The van der Waals surface area contributed by atoms with Crippen molar-refractivity contribution in [3.05, 3.63) is 48.5 Å². The first-order chi connectivity index (χ1) is 12.2. The minimum absolute atomic E-state index is 0.0184. The van der Waals surface area contributed by atoms with Gasteiger partial charge in [-0.3, -0.25) is 4.79 Å². The van der Waals surface area contributed by atoms with Gasteiger partial charge < -0.3 is 14.5 Å². The number of ether oxygens (including phenoxy) is 1. The Morgan fingerprint density at radius 2 is 1.92 bits per heavy atom. The summed E-state index contributed by atoms with van der Waals surface area (Å²) < 4.78 is 6.70. The van der Waals surface area contributed by atoms with Gasteiger partial charge in [0.05, 0.1) is 24.6 Å². The molecule has 1 saturated heterocycles. The monoisotopic (exact) mass is 338 g/mol. The average Bonchev–Trinajstić information content (AvgIpc) is 3.15. The maximum absolute atomic E-state index is 12.7. The number of nitrogens with zero attached hydrogens (tertiary/aromatic N) is 6. The Hall–Kier alpha value is -3.16. The van der Waals surface area contributed by atoms with Crippen molar-refractivity contribution in [2.24, 2.45) is 0 Å². The Bertz CT molecular complexity index is 884. The van der Waals surface area contributed by atoms with Crippen molar-refractivity contribution >= 4 is 17.2 Å². The van der Waals surface area contributed by atoms with E-state index in [1.807, 2.05) is 17.0 Å². The molecule has 0 atom stereocenters. The number of hydrogen-bond donors (Lipinski definition) is 0. The summed E-state index contributed by atoms with van der Waals surface area (Å²) in [4.78, 5) is 25.1. The van der Waals surface area contributed by atoms with E-state index in [1.165, 1.54) is 6.33 Å². The van der Waals surface area contributed by atoms with Crippen LogP contribution >= 0.6 is 0 Å². The molecule has 3 aromatic rings. The van der Waals surface area contributed by atoms with Crippen LogP contribution in [-0.4, -0.2) is 63.7 Å². The fraction of sp³-hybridized carbons (Fsp3) is 0.294. The molecule has 0 saturated carbocycles. The maximum Gasteiger partial charge on any atom is 0.255 e. The molecule has 0 unspecified atom stereocenters. The van der Waals surface area contributed by atoms with E-state index in [2.05, 4.69) is 20.0 Å². The summed E-state index contributed by atoms with van der Waals surface area (Å²) in [5, 5.41) is 4.08. The summed E-state index contributed by atoms with van der Waals surface area (Å²) in [5.41, 5.74) is 2.39. The Balaban J connectivity index is 1.42. The van der Waals surface area contributed by atoms with Gasteiger partial charge in [-0.05, 0) is 18.2 Å². The highest BCUT2D eigenvalue weighted by Gasteiger charge is 2.23. The molecule has 8 heteroatoms. The van der Waals surface area contributed by atoms with Crippen LogP contribution < -0.4 is 9.64 Å². The molecule has 25 heavy (non-hydrogen) atoms. The highest BCUT2D eigenvalue weighted by atomic mass is 16.5. The Morgan fingerprint density at radius 3 is 2.64 bits per heavy atom. The molecule has 8 nitrogen and oxygen atoms in total. The van der Waals surface area contributed by atoms with Crippen molar-refractivity contribution in [3.8, 4) is 5.88 Å². The zero-order chi connectivity index (χ0) is 17.2. The normalized spacial score (nSPS) is 14.8. The van der Waals surface area contributed by atoms with Gasteiger partial charge in [0.1, 0.15) is 6.33 Å². The molecule has 1 aliphatic heterocycles. The van der Waals surface area contributed by atoms with Crippen molar-refractivity contribution in [1.29, 1.82) is 0 Å². The van der Waals surface area contributed by atoms with E-state index >= 15 is 0 Å². The van der Waals surface area contributed by atoms with Crippen LogP contribution in [0, 0.1) is 0 Å². The molecule has 0 spiro atoms. The van der Waals surface area contributed by atoms with E-state index < -0.39 is 0 Å². The summed E-state index contributed by atoms with van der Waals surface area (Å²) >= 11 is 0. The third-order valence-electron chi connectivity index (χ3n) is 4.38. The number of amides is 1. The zero-order valence-corrected chi connectivity index (χ0v) is 13.9. The van der Waals surface area contributed by atoms with E-state index in [0.717, 1.165) is 24.4 Å². The Morgan fingerprint density at radius 1 is 1.08 bits per heavy atom. The standard InChI is InChI=1S/C17H18N6O2/c1-25-16-5-3-14(10-18-16)21-6-8-22(9-7-21)17(24)13-2-4-15-19-12-20-23(15)11-13/h2-5,10-12H,6-9H2,1H3. The average molecular weight is 338 g/mol. The van der Waals surface area contributed by atoms with Crippen LogP contribution in [0.1, 0.15) is 10.4 Å². The lowest BCUT2D eigenvalue weighted by Gasteiger charge is -2.36. The van der Waals surface area contributed by atoms with Gasteiger partial charge in [0.25, 0.3) is 5.91 Å². The first-order valence-electron chi connectivity index (χ1n) is 8.08. The zero-order valence-electron chi connectivity index (χ0n) is 13.9. The first-order valence-corrected chi connectivity index (χ1v) is 8.08. The SMILES string of the molecule is COc1ccc(N2CCN(C(=O)c3ccc4ncnn4c3)CC2)cn1. The molecule has 0 bridgehead atoms. The summed E-state index contributed by atoms with van der Waals surface area (Å²) in [5.74, 6) is 0.617. The van der Waals surface area contributed by atoms with Gasteiger partial charge in [-0.25, -0.2) is 14.5 Å². The van der Waals surface area contributed by atoms with Crippen LogP contribution in [0.2, 0.25) is 0 Å². The predicted molar refractivity (Wildman–Crippen MR) is 91.9 cm³/mol. The molecule has 4 heterocycles. The number of anilines is 1. The minimum Gasteiger partial charge on any atom is -0.481 e. The number of aromatic nitrogens is 4. The number of methoxy groups -OCH3 is 1. The number of piperazine rings is 1. The molecule has 0 radical (unpaired) electrons. The second-order valence-electron chi connectivity index (χ2n) is 5.82. The number of hydrogen-bond acceptors (Lipinski definition) is 6. The second-order valence-corrected chi connectivity index (χ2v) is 5.82. The lowest BCUT2D eigenvalue weighted by Crippen LogP contribution is -2.48. The second kappa shape index (κ2) is 6.39. The molecule has 0 aromatic carbocycles. The van der Waals surface area contributed by atoms with E-state index in [4.69, 9.17) is 4.74 Å². The smallest absolute Gasteiger partial charge is 0.255 e. The number of rotatable bonds is 3. The lowest BCUT2D eigenvalue weighted by atomic mass is 10.2. The lowest BCUT2D eigenvalue weighted by molar-refractivity contribution is 0.0746. The van der Waals surface area contributed by atoms with Crippen molar-refractivity contribution in [3.63, 3.8) is 0 Å². The molecule has 3 aromatic heterocycles. The molecular formula is C17H18N6O2. The van der Waals surface area contributed by atoms with Crippen LogP contribution in [0.4, 0.5) is 5.69 Å². The Labute approximate surface area is 144 Å². The summed E-state index contributed by atoms with van der Waals surface area (Å²) in [7, 11) is 1.60. The van der Waals surface area contributed by atoms with Crippen LogP contribution in [-0.2, 0) is 0 Å². The van der Waals surface area contributed by atoms with Gasteiger partial charge in [-0.2, -0.15) is 5.10 Å². The topological polar surface area (TPSA) is 75.9 Å². The molecular weight excluding hydrogens is 320 g/mol. The third-order valence-corrected chi connectivity index (χ3v) is 4.38. The van der Waals surface area contributed by atoms with E-state index in [1.54, 1.807) is 36.2 Å². The van der Waals surface area contributed by atoms with Gasteiger partial charge in [0.15, 0.2) is 5.65 Å². The number of fused-ring (bicyclic) bond motifs is 1. The maximum atomic E-state index is 12.7. The van der Waals surface area contributed by atoms with Crippen molar-refractivity contribution in [2.75, 3.05) is 38.2 Å². The van der Waals surface area contributed by atoms with E-state index in [0.29, 0.717) is 24.5 Å². The van der Waals surface area contributed by atoms with Crippen LogP contribution in [0.3, 0.4) is 0 Å². The van der Waals surface area contributed by atoms with Crippen LogP contribution in [0.15, 0.2) is 43.0 Å². The van der Waals surface area contributed by atoms with Gasteiger partial charge in [0, 0.05) is 38.4 Å². The van der Waals surface area contributed by atoms with Crippen LogP contribution in [0.5, 0.6) is 5.88 Å². The summed E-state index contributed by atoms with van der Waals surface area (Å²) in [6.07, 6.45) is 5.00. The molecule has 128 valence electrons. The third kappa shape index (κ3) is 2.98. The fourth-order valence-electron chi connectivity index (χ4n) is 2.97. The van der Waals surface area contributed by atoms with E-state index in [9.17, 15) is 4.79 Å². The van der Waals surface area contributed by atoms with Gasteiger partial charge >= 0.3 is 0 Å². The fourth-order valence-corrected chi connectivity index (χ4v) is 2.97. The largest absolute Gasteiger partial charge is 0.481 e. The van der Waals surface area contributed by atoms with Crippen LogP contribution in [0.25, 0.3) is 5.65 Å². The van der Waals surface area contributed by atoms with Crippen molar-refractivity contribution < 1.29 is 9.53 Å². The molecule has 1 aliphatic rings. The quantitative estimate of drug-likeness (QED) is 0.712. The molecule has 4 rings (SSSR count). The first kappa shape index (κ1) is 15.4. The highest BCUT2D eigenvalue weighted by molar-refractivity contribution is 5.94. The Kier molecular flexibility index (Phi) is 3.93. The highest BCUT2D eigenvalue weighted by Crippen LogP contribution is 2.18. The predicted octanol–water partition coefficient (Wildman–Crippen LogP) is 1.10. The molecule has 1 fully saturated rings. The van der Waals surface area contributed by atoms with Crippen molar-refractivity contribution in [1.82, 2.24) is 24.5 Å². The number of carbonyl (C=O) groups excluding carboxylic acids is 1. The number of pyridine rings is 2. The molecule has 1 amide bonds. The number of carbonyl (C=O) groups is 1. The molecule has 0 aliphatic carbocycles. The van der Waals surface area contributed by atoms with Crippen molar-refractivity contribution in [2.45, 2.75) is 0 Å².